The lowest BCUT2D eigenvalue weighted by Crippen LogP contribution is -2.47. The first kappa shape index (κ1) is 17.7. The van der Waals surface area contributed by atoms with Crippen molar-refractivity contribution in [3.8, 4) is 0 Å². The van der Waals surface area contributed by atoms with E-state index >= 15 is 0 Å². The highest BCUT2D eigenvalue weighted by atomic mass is 16.2. The smallest absolute Gasteiger partial charge is 0.243 e. The Bertz CT molecular complexity index is 815. The van der Waals surface area contributed by atoms with Gasteiger partial charge in [-0.05, 0) is 49.5 Å². The second kappa shape index (κ2) is 6.57. The van der Waals surface area contributed by atoms with Gasteiger partial charge in [-0.1, -0.05) is 42.5 Å². The molecule has 3 aliphatic carbocycles. The van der Waals surface area contributed by atoms with Gasteiger partial charge in [0.05, 0.1) is 11.8 Å². The Labute approximate surface area is 165 Å². The van der Waals surface area contributed by atoms with Crippen molar-refractivity contribution in [2.75, 3.05) is 6.54 Å². The average molecular weight is 378 g/mol. The molecule has 146 valence electrons. The van der Waals surface area contributed by atoms with E-state index < -0.39 is 0 Å². The number of benzene rings is 1. The standard InChI is InChI=1S/C23H26N2O3/c1-14(16-7-8-16)24(12-15-5-3-2-4-6-15)19(26)13-25-22(27)20-17-9-10-18(11-17)21(20)23(25)28/h2-6,9-10,14,16-18,20-21H,7-8,11-13H2,1H3. The summed E-state index contributed by atoms with van der Waals surface area (Å²) in [6.07, 6.45) is 7.35. The number of amides is 3. The van der Waals surface area contributed by atoms with Crippen LogP contribution in [0, 0.1) is 29.6 Å². The van der Waals surface area contributed by atoms with Gasteiger partial charge in [-0.25, -0.2) is 0 Å². The van der Waals surface area contributed by atoms with Gasteiger partial charge in [0.1, 0.15) is 6.54 Å². The van der Waals surface area contributed by atoms with Gasteiger partial charge >= 0.3 is 0 Å². The van der Waals surface area contributed by atoms with E-state index in [1.54, 1.807) is 0 Å². The number of likely N-dealkylation sites (tertiary alicyclic amines) is 1. The van der Waals surface area contributed by atoms with Crippen LogP contribution in [0.25, 0.3) is 0 Å². The summed E-state index contributed by atoms with van der Waals surface area (Å²) in [5.74, 6) is 0.00681. The molecule has 4 aliphatic rings. The predicted octanol–water partition coefficient (Wildman–Crippen LogP) is 2.62. The molecule has 0 N–H and O–H groups in total. The Kier molecular flexibility index (Phi) is 4.14. The van der Waals surface area contributed by atoms with Crippen LogP contribution in [0.1, 0.15) is 31.7 Å². The van der Waals surface area contributed by atoms with Gasteiger partial charge in [-0.2, -0.15) is 0 Å². The van der Waals surface area contributed by atoms with E-state index in [9.17, 15) is 14.4 Å². The largest absolute Gasteiger partial charge is 0.334 e. The zero-order valence-corrected chi connectivity index (χ0v) is 16.2. The Morgan fingerprint density at radius 3 is 2.25 bits per heavy atom. The SMILES string of the molecule is CC(C1CC1)N(Cc1ccccc1)C(=O)CN1C(=O)C2C3C=CC(C3)C2C1=O. The van der Waals surface area contributed by atoms with Crippen molar-refractivity contribution in [2.24, 2.45) is 29.6 Å². The van der Waals surface area contributed by atoms with Crippen LogP contribution in [0.5, 0.6) is 0 Å². The van der Waals surface area contributed by atoms with Gasteiger partial charge in [-0.15, -0.1) is 0 Å². The van der Waals surface area contributed by atoms with Crippen molar-refractivity contribution in [2.45, 2.75) is 38.8 Å². The number of carbonyl (C=O) groups is 3. The van der Waals surface area contributed by atoms with Gasteiger partial charge in [0, 0.05) is 12.6 Å². The molecule has 5 rings (SSSR count). The zero-order valence-electron chi connectivity index (χ0n) is 16.2. The highest BCUT2D eigenvalue weighted by molar-refractivity contribution is 6.08. The molecule has 1 aromatic rings. The van der Waals surface area contributed by atoms with Crippen molar-refractivity contribution in [3.05, 3.63) is 48.0 Å². The van der Waals surface area contributed by atoms with Crippen molar-refractivity contribution in [1.29, 1.82) is 0 Å². The third kappa shape index (κ3) is 2.79. The third-order valence-corrected chi connectivity index (χ3v) is 7.17. The molecule has 1 aliphatic heterocycles. The number of hydrogen-bond donors (Lipinski definition) is 0. The van der Waals surface area contributed by atoms with Crippen LogP contribution in [0.2, 0.25) is 0 Å². The minimum atomic E-state index is -0.237. The number of carbonyl (C=O) groups excluding carboxylic acids is 3. The van der Waals surface area contributed by atoms with Gasteiger partial charge in [0.25, 0.3) is 0 Å². The molecule has 5 nitrogen and oxygen atoms in total. The van der Waals surface area contributed by atoms with Gasteiger partial charge in [0.15, 0.2) is 0 Å². The van der Waals surface area contributed by atoms with E-state index in [4.69, 9.17) is 0 Å². The second-order valence-corrected chi connectivity index (χ2v) is 8.85. The predicted molar refractivity (Wildman–Crippen MR) is 104 cm³/mol. The zero-order chi connectivity index (χ0) is 19.4. The molecule has 0 radical (unpaired) electrons. The first-order valence-corrected chi connectivity index (χ1v) is 10.4. The van der Waals surface area contributed by atoms with Crippen LogP contribution < -0.4 is 0 Å². The van der Waals surface area contributed by atoms with E-state index in [0.29, 0.717) is 12.5 Å². The molecule has 1 heterocycles. The highest BCUT2D eigenvalue weighted by Crippen LogP contribution is 2.52. The van der Waals surface area contributed by atoms with Crippen molar-refractivity contribution in [3.63, 3.8) is 0 Å². The van der Waals surface area contributed by atoms with Gasteiger partial charge < -0.3 is 4.90 Å². The number of allylic oxidation sites excluding steroid dienone is 2. The molecule has 0 spiro atoms. The normalized spacial score (nSPS) is 31.4. The molecule has 28 heavy (non-hydrogen) atoms. The molecular weight excluding hydrogens is 352 g/mol. The molecule has 2 saturated carbocycles. The van der Waals surface area contributed by atoms with Crippen LogP contribution in [0.15, 0.2) is 42.5 Å². The first-order valence-electron chi connectivity index (χ1n) is 10.4. The summed E-state index contributed by atoms with van der Waals surface area (Å²) in [5, 5.41) is 0. The summed E-state index contributed by atoms with van der Waals surface area (Å²) in [6.45, 7) is 2.49. The minimum absolute atomic E-state index is 0.117. The summed E-state index contributed by atoms with van der Waals surface area (Å²) in [7, 11) is 0. The Balaban J connectivity index is 1.33. The molecule has 5 unspecified atom stereocenters. The fraction of sp³-hybridized carbons (Fsp3) is 0.522. The topological polar surface area (TPSA) is 57.7 Å². The summed E-state index contributed by atoms with van der Waals surface area (Å²) in [6, 6.07) is 10.1. The molecule has 1 saturated heterocycles. The molecule has 5 heteroatoms. The van der Waals surface area contributed by atoms with Gasteiger partial charge in [0.2, 0.25) is 17.7 Å². The molecule has 5 atom stereocenters. The number of imide groups is 1. The van der Waals surface area contributed by atoms with Crippen LogP contribution in [0.3, 0.4) is 0 Å². The maximum Gasteiger partial charge on any atom is 0.243 e. The fourth-order valence-corrected chi connectivity index (χ4v) is 5.42. The maximum absolute atomic E-state index is 13.2. The summed E-state index contributed by atoms with van der Waals surface area (Å²) in [4.78, 5) is 42.2. The van der Waals surface area contributed by atoms with E-state index in [1.807, 2.05) is 35.2 Å². The summed E-state index contributed by atoms with van der Waals surface area (Å²) >= 11 is 0. The summed E-state index contributed by atoms with van der Waals surface area (Å²) in [5.41, 5.74) is 1.07. The molecule has 0 aromatic heterocycles. The fourth-order valence-electron chi connectivity index (χ4n) is 5.42. The average Bonchev–Trinajstić information content (AvgIpc) is 3.28. The number of hydrogen-bond acceptors (Lipinski definition) is 3. The van der Waals surface area contributed by atoms with E-state index in [0.717, 1.165) is 24.8 Å². The number of nitrogens with zero attached hydrogens (tertiary/aromatic N) is 2. The van der Waals surface area contributed by atoms with Crippen molar-refractivity contribution >= 4 is 17.7 Å². The summed E-state index contributed by atoms with van der Waals surface area (Å²) < 4.78 is 0. The number of fused-ring (bicyclic) bond motifs is 5. The van der Waals surface area contributed by atoms with Crippen molar-refractivity contribution < 1.29 is 14.4 Å². The van der Waals surface area contributed by atoms with Crippen LogP contribution >= 0.6 is 0 Å². The van der Waals surface area contributed by atoms with Gasteiger partial charge in [-0.3, -0.25) is 19.3 Å². The van der Waals surface area contributed by atoms with Crippen LogP contribution in [0.4, 0.5) is 0 Å². The minimum Gasteiger partial charge on any atom is -0.334 e. The van der Waals surface area contributed by atoms with Crippen LogP contribution in [-0.4, -0.2) is 40.1 Å². The van der Waals surface area contributed by atoms with Crippen molar-refractivity contribution in [1.82, 2.24) is 9.80 Å². The molecule has 2 bridgehead atoms. The maximum atomic E-state index is 13.2. The van der Waals surface area contributed by atoms with E-state index in [2.05, 4.69) is 19.1 Å². The lowest BCUT2D eigenvalue weighted by molar-refractivity contribution is -0.148. The second-order valence-electron chi connectivity index (χ2n) is 8.85. The molecule has 1 aromatic carbocycles. The lowest BCUT2D eigenvalue weighted by atomic mass is 9.85. The third-order valence-electron chi connectivity index (χ3n) is 7.17. The monoisotopic (exact) mass is 378 g/mol. The quantitative estimate of drug-likeness (QED) is 0.565. The Hall–Kier alpha value is -2.43. The van der Waals surface area contributed by atoms with Crippen LogP contribution in [-0.2, 0) is 20.9 Å². The molecule has 3 fully saturated rings. The number of rotatable bonds is 6. The Morgan fingerprint density at radius 1 is 1.07 bits per heavy atom. The van der Waals surface area contributed by atoms with E-state index in [1.165, 1.54) is 4.90 Å². The molecular formula is C23H26N2O3. The van der Waals surface area contributed by atoms with E-state index in [-0.39, 0.29) is 54.0 Å². The first-order chi connectivity index (χ1) is 13.5. The molecule has 3 amide bonds. The Morgan fingerprint density at radius 2 is 1.68 bits per heavy atom. The lowest BCUT2D eigenvalue weighted by Gasteiger charge is -2.31. The highest BCUT2D eigenvalue weighted by Gasteiger charge is 2.59.